The van der Waals surface area contributed by atoms with Crippen molar-refractivity contribution >= 4 is 11.7 Å². The van der Waals surface area contributed by atoms with Gasteiger partial charge in [-0.05, 0) is 37.5 Å². The Kier molecular flexibility index (Phi) is 5.83. The SMILES string of the molecule is CCC[C@H]1[C@@H](C(C)=NNC(N)=O)C1(CCC)CCC. The van der Waals surface area contributed by atoms with Crippen molar-refractivity contribution in [1.82, 2.24) is 5.43 Å². The van der Waals surface area contributed by atoms with Crippen molar-refractivity contribution in [1.29, 1.82) is 0 Å². The fourth-order valence-electron chi connectivity index (χ4n) is 4.00. The Morgan fingerprint density at radius 1 is 1.21 bits per heavy atom. The summed E-state index contributed by atoms with van der Waals surface area (Å²) >= 11 is 0. The van der Waals surface area contributed by atoms with E-state index < -0.39 is 6.03 Å². The number of hydrazone groups is 1. The summed E-state index contributed by atoms with van der Waals surface area (Å²) in [5, 5.41) is 4.17. The van der Waals surface area contributed by atoms with Gasteiger partial charge in [0.15, 0.2) is 0 Å². The molecule has 4 nitrogen and oxygen atoms in total. The molecule has 0 spiro atoms. The van der Waals surface area contributed by atoms with Crippen LogP contribution in [0.1, 0.15) is 66.2 Å². The zero-order valence-electron chi connectivity index (χ0n) is 12.8. The zero-order chi connectivity index (χ0) is 14.5. The van der Waals surface area contributed by atoms with Crippen LogP contribution in [0.25, 0.3) is 0 Å². The van der Waals surface area contributed by atoms with Crippen molar-refractivity contribution in [3.63, 3.8) is 0 Å². The number of urea groups is 1. The van der Waals surface area contributed by atoms with Crippen LogP contribution in [-0.2, 0) is 0 Å². The van der Waals surface area contributed by atoms with E-state index in [0.717, 1.165) is 11.6 Å². The third-order valence-corrected chi connectivity index (χ3v) is 4.47. The highest BCUT2D eigenvalue weighted by Crippen LogP contribution is 2.66. The third-order valence-electron chi connectivity index (χ3n) is 4.47. The van der Waals surface area contributed by atoms with Crippen LogP contribution in [0, 0.1) is 17.3 Å². The highest BCUT2D eigenvalue weighted by atomic mass is 16.2. The van der Waals surface area contributed by atoms with Gasteiger partial charge in [-0.1, -0.05) is 40.0 Å². The van der Waals surface area contributed by atoms with Gasteiger partial charge in [0, 0.05) is 11.6 Å². The van der Waals surface area contributed by atoms with Gasteiger partial charge in [0.2, 0.25) is 0 Å². The van der Waals surface area contributed by atoms with Gasteiger partial charge in [-0.2, -0.15) is 5.10 Å². The van der Waals surface area contributed by atoms with Crippen LogP contribution in [0.2, 0.25) is 0 Å². The minimum atomic E-state index is -0.580. The lowest BCUT2D eigenvalue weighted by molar-refractivity contribution is 0.249. The lowest BCUT2D eigenvalue weighted by Crippen LogP contribution is -2.26. The molecule has 0 aromatic carbocycles. The van der Waals surface area contributed by atoms with Crippen molar-refractivity contribution in [2.45, 2.75) is 66.2 Å². The quantitative estimate of drug-likeness (QED) is 0.511. The maximum Gasteiger partial charge on any atom is 0.332 e. The highest BCUT2D eigenvalue weighted by molar-refractivity contribution is 5.89. The Balaban J connectivity index is 2.83. The van der Waals surface area contributed by atoms with Crippen molar-refractivity contribution in [2.75, 3.05) is 0 Å². The first-order valence-electron chi connectivity index (χ1n) is 7.63. The molecule has 0 heterocycles. The Bertz CT molecular complexity index is 332. The van der Waals surface area contributed by atoms with E-state index in [9.17, 15) is 4.79 Å². The minimum absolute atomic E-state index is 0.423. The molecule has 0 aromatic heterocycles. The lowest BCUT2D eigenvalue weighted by atomic mass is 9.89. The Labute approximate surface area is 117 Å². The Hall–Kier alpha value is -1.06. The lowest BCUT2D eigenvalue weighted by Gasteiger charge is -2.16. The smallest absolute Gasteiger partial charge is 0.332 e. The number of carbonyl (C=O) groups is 1. The van der Waals surface area contributed by atoms with Gasteiger partial charge < -0.3 is 5.73 Å². The van der Waals surface area contributed by atoms with Gasteiger partial charge in [0.05, 0.1) is 0 Å². The van der Waals surface area contributed by atoms with Crippen molar-refractivity contribution < 1.29 is 4.79 Å². The average Bonchev–Trinajstić information content (AvgIpc) is 2.95. The van der Waals surface area contributed by atoms with Gasteiger partial charge in [0.1, 0.15) is 0 Å². The van der Waals surface area contributed by atoms with Crippen molar-refractivity contribution in [3.05, 3.63) is 0 Å². The van der Waals surface area contributed by atoms with E-state index in [2.05, 4.69) is 31.3 Å². The second-order valence-corrected chi connectivity index (χ2v) is 5.84. The maximum absolute atomic E-state index is 10.8. The molecule has 110 valence electrons. The Morgan fingerprint density at radius 2 is 1.79 bits per heavy atom. The summed E-state index contributed by atoms with van der Waals surface area (Å²) in [5.41, 5.74) is 8.92. The number of nitrogens with zero attached hydrogens (tertiary/aromatic N) is 1. The van der Waals surface area contributed by atoms with Gasteiger partial charge in [-0.3, -0.25) is 0 Å². The molecular weight excluding hydrogens is 238 g/mol. The molecule has 0 radical (unpaired) electrons. The molecule has 19 heavy (non-hydrogen) atoms. The molecule has 0 aromatic rings. The van der Waals surface area contributed by atoms with Crippen molar-refractivity contribution in [2.24, 2.45) is 28.1 Å². The largest absolute Gasteiger partial charge is 0.350 e. The summed E-state index contributed by atoms with van der Waals surface area (Å²) in [6, 6.07) is -0.580. The van der Waals surface area contributed by atoms with Crippen LogP contribution in [0.15, 0.2) is 5.10 Å². The molecule has 3 N–H and O–H groups in total. The first-order valence-corrected chi connectivity index (χ1v) is 7.63. The van der Waals surface area contributed by atoms with E-state index in [1.54, 1.807) is 0 Å². The van der Waals surface area contributed by atoms with E-state index in [1.807, 2.05) is 6.92 Å². The van der Waals surface area contributed by atoms with Crippen LogP contribution in [0.4, 0.5) is 4.79 Å². The normalized spacial score (nSPS) is 25.2. The molecule has 1 aliphatic carbocycles. The summed E-state index contributed by atoms with van der Waals surface area (Å²) in [6.45, 7) is 8.77. The molecule has 0 unspecified atom stereocenters. The number of nitrogens with two attached hydrogens (primary N) is 1. The minimum Gasteiger partial charge on any atom is -0.350 e. The van der Waals surface area contributed by atoms with E-state index in [0.29, 0.717) is 11.3 Å². The molecule has 4 heteroatoms. The molecule has 1 fully saturated rings. The Morgan fingerprint density at radius 3 is 2.21 bits per heavy atom. The molecule has 1 rings (SSSR count). The summed E-state index contributed by atoms with van der Waals surface area (Å²) in [6.07, 6.45) is 7.43. The van der Waals surface area contributed by atoms with E-state index in [1.165, 1.54) is 38.5 Å². The van der Waals surface area contributed by atoms with Crippen LogP contribution < -0.4 is 11.2 Å². The maximum atomic E-state index is 10.8. The summed E-state index contributed by atoms with van der Waals surface area (Å²) in [5.74, 6) is 1.26. The van der Waals surface area contributed by atoms with Gasteiger partial charge in [0.25, 0.3) is 0 Å². The van der Waals surface area contributed by atoms with Crippen LogP contribution in [0.5, 0.6) is 0 Å². The van der Waals surface area contributed by atoms with Crippen LogP contribution >= 0.6 is 0 Å². The first-order chi connectivity index (χ1) is 9.03. The van der Waals surface area contributed by atoms with Crippen LogP contribution in [0.3, 0.4) is 0 Å². The summed E-state index contributed by atoms with van der Waals surface area (Å²) in [4.78, 5) is 10.8. The number of hydrogen-bond donors (Lipinski definition) is 2. The molecule has 0 aliphatic heterocycles. The third kappa shape index (κ3) is 3.48. The number of primary amides is 1. The molecule has 2 amide bonds. The fourth-order valence-corrected chi connectivity index (χ4v) is 4.00. The summed E-state index contributed by atoms with van der Waals surface area (Å²) in [7, 11) is 0. The monoisotopic (exact) mass is 267 g/mol. The fraction of sp³-hybridized carbons (Fsp3) is 0.867. The number of nitrogens with one attached hydrogen (secondary N) is 1. The number of carbonyl (C=O) groups excluding carboxylic acids is 1. The van der Waals surface area contributed by atoms with Gasteiger partial charge in [-0.15, -0.1) is 0 Å². The van der Waals surface area contributed by atoms with Gasteiger partial charge in [-0.25, -0.2) is 10.2 Å². The number of rotatable bonds is 8. The standard InChI is InChI=1S/C15H29N3O/c1-5-8-12-13(11(4)17-18-14(16)19)15(12,9-6-2)10-7-3/h12-13H,5-10H2,1-4H3,(H3,16,18,19)/t12-,13+/m0/s1. The second-order valence-electron chi connectivity index (χ2n) is 5.84. The topological polar surface area (TPSA) is 67.5 Å². The number of hydrogen-bond acceptors (Lipinski definition) is 2. The molecule has 0 bridgehead atoms. The molecule has 0 saturated heterocycles. The van der Waals surface area contributed by atoms with E-state index in [-0.39, 0.29) is 0 Å². The molecule has 2 atom stereocenters. The second kappa shape index (κ2) is 6.92. The molecule has 1 saturated carbocycles. The predicted molar refractivity (Wildman–Crippen MR) is 80.0 cm³/mol. The molecule has 1 aliphatic rings. The van der Waals surface area contributed by atoms with Crippen LogP contribution in [-0.4, -0.2) is 11.7 Å². The van der Waals surface area contributed by atoms with E-state index >= 15 is 0 Å². The number of amides is 2. The predicted octanol–water partition coefficient (Wildman–Crippen LogP) is 3.66. The molecular formula is C15H29N3O. The summed E-state index contributed by atoms with van der Waals surface area (Å²) < 4.78 is 0. The highest BCUT2D eigenvalue weighted by Gasteiger charge is 2.62. The van der Waals surface area contributed by atoms with Crippen molar-refractivity contribution in [3.8, 4) is 0 Å². The van der Waals surface area contributed by atoms with Gasteiger partial charge >= 0.3 is 6.03 Å². The average molecular weight is 267 g/mol. The van der Waals surface area contributed by atoms with E-state index in [4.69, 9.17) is 5.73 Å². The first kappa shape index (κ1) is 16.0. The zero-order valence-corrected chi connectivity index (χ0v) is 12.8.